The zero-order valence-corrected chi connectivity index (χ0v) is 14.9. The first-order chi connectivity index (χ1) is 11.6. The molecule has 0 saturated heterocycles. The third-order valence-corrected chi connectivity index (χ3v) is 4.33. The van der Waals surface area contributed by atoms with Gasteiger partial charge in [-0.2, -0.15) is 0 Å². The summed E-state index contributed by atoms with van der Waals surface area (Å²) in [4.78, 5) is 16.0. The minimum Gasteiger partial charge on any atom is -0.508 e. The first kappa shape index (κ1) is 18.5. The summed E-state index contributed by atoms with van der Waals surface area (Å²) in [5.74, 6) is 1.23. The lowest BCUT2D eigenvalue weighted by Crippen LogP contribution is -2.14. The molecular formula is C20H30N2O2. The molecular weight excluding hydrogens is 300 g/mol. The Morgan fingerprint density at radius 3 is 2.21 bits per heavy atom. The minimum atomic E-state index is -0.132. The number of hydrogen-bond acceptors (Lipinski definition) is 3. The first-order valence-electron chi connectivity index (χ1n) is 9.01. The Morgan fingerprint density at radius 2 is 1.71 bits per heavy atom. The molecule has 0 unspecified atom stereocenters. The zero-order valence-electron chi connectivity index (χ0n) is 14.9. The number of fused-ring (bicyclic) bond motifs is 1. The van der Waals surface area contributed by atoms with E-state index in [9.17, 15) is 4.79 Å². The van der Waals surface area contributed by atoms with Crippen molar-refractivity contribution >= 4 is 10.8 Å². The van der Waals surface area contributed by atoms with Crippen LogP contribution in [0, 0.1) is 5.92 Å². The molecule has 0 atom stereocenters. The van der Waals surface area contributed by atoms with Crippen molar-refractivity contribution in [2.45, 2.75) is 44.9 Å². The predicted octanol–water partition coefficient (Wildman–Crippen LogP) is 4.14. The van der Waals surface area contributed by atoms with Crippen LogP contribution in [0.4, 0.5) is 0 Å². The molecule has 2 fully saturated rings. The number of aromatic nitrogens is 1. The van der Waals surface area contributed by atoms with Gasteiger partial charge in [0.25, 0.3) is 5.56 Å². The fraction of sp³-hybridized carbons (Fsp3) is 0.550. The van der Waals surface area contributed by atoms with Crippen LogP contribution in [-0.2, 0) is 0 Å². The molecule has 2 aromatic rings. The van der Waals surface area contributed by atoms with Gasteiger partial charge in [-0.15, -0.1) is 0 Å². The molecule has 0 radical (unpaired) electrons. The Hall–Kier alpha value is -1.81. The minimum absolute atomic E-state index is 0.132. The van der Waals surface area contributed by atoms with Crippen molar-refractivity contribution in [3.8, 4) is 5.75 Å². The molecule has 2 aliphatic carbocycles. The van der Waals surface area contributed by atoms with Gasteiger partial charge in [0.15, 0.2) is 0 Å². The van der Waals surface area contributed by atoms with E-state index in [4.69, 9.17) is 5.11 Å². The second kappa shape index (κ2) is 9.48. The van der Waals surface area contributed by atoms with Crippen LogP contribution in [0.1, 0.15) is 44.9 Å². The summed E-state index contributed by atoms with van der Waals surface area (Å²) < 4.78 is 0. The molecule has 0 spiro atoms. The summed E-state index contributed by atoms with van der Waals surface area (Å²) in [5.41, 5.74) is -0.132. The second-order valence-corrected chi connectivity index (χ2v) is 7.05. The molecule has 0 amide bonds. The maximum Gasteiger partial charge on any atom is 0.255 e. The van der Waals surface area contributed by atoms with Crippen LogP contribution in [0.15, 0.2) is 35.3 Å². The largest absolute Gasteiger partial charge is 0.508 e. The molecule has 1 aromatic carbocycles. The Bertz CT molecular complexity index is 663. The number of pyridine rings is 1. The van der Waals surface area contributed by atoms with Gasteiger partial charge in [-0.3, -0.25) is 4.79 Å². The number of phenolic OH excluding ortho intramolecular Hbond substituents is 1. The monoisotopic (exact) mass is 330 g/mol. The second-order valence-electron chi connectivity index (χ2n) is 7.05. The number of nitrogens with zero attached hydrogens (tertiary/aromatic N) is 1. The van der Waals surface area contributed by atoms with Crippen molar-refractivity contribution in [1.29, 1.82) is 0 Å². The van der Waals surface area contributed by atoms with Crippen LogP contribution >= 0.6 is 0 Å². The number of benzene rings is 1. The molecule has 4 nitrogen and oxygen atoms in total. The summed E-state index contributed by atoms with van der Waals surface area (Å²) in [6.07, 6.45) is 12.0. The fourth-order valence-electron chi connectivity index (χ4n) is 2.88. The Morgan fingerprint density at radius 1 is 1.08 bits per heavy atom. The van der Waals surface area contributed by atoms with Gasteiger partial charge in [-0.1, -0.05) is 32.1 Å². The van der Waals surface area contributed by atoms with Gasteiger partial charge in [0.05, 0.1) is 0 Å². The smallest absolute Gasteiger partial charge is 0.255 e. The zero-order chi connectivity index (χ0) is 17.4. The number of rotatable bonds is 2. The molecule has 4 heteroatoms. The summed E-state index contributed by atoms with van der Waals surface area (Å²) in [5, 5.41) is 10.5. The Labute approximate surface area is 144 Å². The number of H-pyrrole nitrogens is 1. The van der Waals surface area contributed by atoms with E-state index in [1.807, 2.05) is 0 Å². The van der Waals surface area contributed by atoms with E-state index in [1.165, 1.54) is 57.6 Å². The quantitative estimate of drug-likeness (QED) is 0.870. The predicted molar refractivity (Wildman–Crippen MR) is 101 cm³/mol. The highest BCUT2D eigenvalue weighted by Gasteiger charge is 2.20. The van der Waals surface area contributed by atoms with Gasteiger partial charge < -0.3 is 15.0 Å². The van der Waals surface area contributed by atoms with Crippen molar-refractivity contribution in [2.24, 2.45) is 5.92 Å². The van der Waals surface area contributed by atoms with E-state index in [1.54, 1.807) is 24.4 Å². The third kappa shape index (κ3) is 6.75. The average molecular weight is 330 g/mol. The van der Waals surface area contributed by atoms with Crippen LogP contribution in [0.25, 0.3) is 10.8 Å². The molecule has 2 N–H and O–H groups in total. The van der Waals surface area contributed by atoms with E-state index in [0.29, 0.717) is 5.39 Å². The number of hydrogen-bond donors (Lipinski definition) is 2. The number of phenols is 1. The van der Waals surface area contributed by atoms with Gasteiger partial charge in [-0.05, 0) is 62.5 Å². The van der Waals surface area contributed by atoms with Crippen molar-refractivity contribution in [3.05, 3.63) is 40.8 Å². The first-order valence-corrected chi connectivity index (χ1v) is 9.01. The SMILES string of the molecule is C1CCCC1.CN(C)CC1CC1.O=c1[nH]ccc2cc(O)ccc12. The topological polar surface area (TPSA) is 56.3 Å². The molecule has 24 heavy (non-hydrogen) atoms. The fourth-order valence-corrected chi connectivity index (χ4v) is 2.88. The normalized spacial score (nSPS) is 16.3. The maximum atomic E-state index is 11.2. The van der Waals surface area contributed by atoms with E-state index >= 15 is 0 Å². The van der Waals surface area contributed by atoms with Gasteiger partial charge in [-0.25, -0.2) is 0 Å². The maximum absolute atomic E-state index is 11.2. The highest BCUT2D eigenvalue weighted by Crippen LogP contribution is 2.28. The number of aromatic amines is 1. The van der Waals surface area contributed by atoms with E-state index in [0.717, 1.165) is 11.3 Å². The molecule has 2 saturated carbocycles. The van der Waals surface area contributed by atoms with Gasteiger partial charge in [0.2, 0.25) is 0 Å². The summed E-state index contributed by atoms with van der Waals surface area (Å²) in [7, 11) is 4.27. The van der Waals surface area contributed by atoms with Crippen molar-refractivity contribution < 1.29 is 5.11 Å². The molecule has 132 valence electrons. The standard InChI is InChI=1S/C9H7NO2.C6H13N.C5H10/c11-7-1-2-8-6(5-7)3-4-10-9(8)12;1-7(2)5-6-3-4-6;1-2-4-5-3-1/h1-5,11H,(H,10,12);6H,3-5H2,1-2H3;1-5H2. The van der Waals surface area contributed by atoms with Crippen molar-refractivity contribution in [2.75, 3.05) is 20.6 Å². The van der Waals surface area contributed by atoms with Gasteiger partial charge in [0, 0.05) is 18.1 Å². The van der Waals surface area contributed by atoms with E-state index in [-0.39, 0.29) is 11.3 Å². The average Bonchev–Trinajstić information content (AvgIpc) is 3.15. The summed E-state index contributed by atoms with van der Waals surface area (Å²) in [6.45, 7) is 1.31. The van der Waals surface area contributed by atoms with Crippen LogP contribution in [0.2, 0.25) is 0 Å². The van der Waals surface area contributed by atoms with Crippen LogP contribution in [0.5, 0.6) is 5.75 Å². The third-order valence-electron chi connectivity index (χ3n) is 4.33. The lowest BCUT2D eigenvalue weighted by atomic mass is 10.2. The number of aromatic hydroxyl groups is 1. The molecule has 1 aromatic heterocycles. The highest BCUT2D eigenvalue weighted by molar-refractivity contribution is 5.82. The van der Waals surface area contributed by atoms with Crippen LogP contribution in [0.3, 0.4) is 0 Å². The van der Waals surface area contributed by atoms with Crippen molar-refractivity contribution in [1.82, 2.24) is 9.88 Å². The summed E-state index contributed by atoms with van der Waals surface area (Å²) in [6, 6.07) is 6.40. The van der Waals surface area contributed by atoms with Crippen molar-refractivity contribution in [3.63, 3.8) is 0 Å². The molecule has 0 bridgehead atoms. The van der Waals surface area contributed by atoms with Gasteiger partial charge >= 0.3 is 0 Å². The molecule has 1 heterocycles. The lowest BCUT2D eigenvalue weighted by molar-refractivity contribution is 0.389. The van der Waals surface area contributed by atoms with E-state index in [2.05, 4.69) is 24.0 Å². The molecule has 0 aliphatic heterocycles. The van der Waals surface area contributed by atoms with Crippen LogP contribution < -0.4 is 5.56 Å². The Kier molecular flexibility index (Phi) is 7.32. The summed E-state index contributed by atoms with van der Waals surface area (Å²) >= 11 is 0. The molecule has 2 aliphatic rings. The molecule has 4 rings (SSSR count). The van der Waals surface area contributed by atoms with Gasteiger partial charge in [0.1, 0.15) is 5.75 Å². The highest BCUT2D eigenvalue weighted by atomic mass is 16.3. The van der Waals surface area contributed by atoms with E-state index < -0.39 is 0 Å². The number of nitrogens with one attached hydrogen (secondary N) is 1. The Balaban J connectivity index is 0.000000147. The van der Waals surface area contributed by atoms with Crippen LogP contribution in [-0.4, -0.2) is 35.6 Å². The lowest BCUT2D eigenvalue weighted by Gasteiger charge is -2.05.